The summed E-state index contributed by atoms with van der Waals surface area (Å²) < 4.78 is 1.42. The Morgan fingerprint density at radius 3 is 2.74 bits per heavy atom. The maximum Gasteiger partial charge on any atom is 0.335 e. The number of carboxylic acid groups (broad SMARTS) is 1. The Hall–Kier alpha value is -3.15. The summed E-state index contributed by atoms with van der Waals surface area (Å²) in [4.78, 5) is 27.5. The fourth-order valence-electron chi connectivity index (χ4n) is 2.33. The summed E-state index contributed by atoms with van der Waals surface area (Å²) in [5.74, 6) is -0.982. The van der Waals surface area contributed by atoms with E-state index in [1.165, 1.54) is 10.9 Å². The molecule has 23 heavy (non-hydrogen) atoms. The van der Waals surface area contributed by atoms with Crippen LogP contribution >= 0.6 is 0 Å². The van der Waals surface area contributed by atoms with Crippen molar-refractivity contribution < 1.29 is 9.90 Å². The molecule has 0 saturated heterocycles. The summed E-state index contributed by atoms with van der Waals surface area (Å²) in [6.45, 7) is 1.88. The first-order valence-electron chi connectivity index (χ1n) is 7.02. The maximum absolute atomic E-state index is 12.2. The predicted molar refractivity (Wildman–Crippen MR) is 88.4 cm³/mol. The van der Waals surface area contributed by atoms with Crippen molar-refractivity contribution in [1.29, 1.82) is 0 Å². The summed E-state index contributed by atoms with van der Waals surface area (Å²) in [6, 6.07) is 10.2. The summed E-state index contributed by atoms with van der Waals surface area (Å²) in [5, 5.41) is 12.8. The van der Waals surface area contributed by atoms with Gasteiger partial charge < -0.3 is 15.0 Å². The van der Waals surface area contributed by atoms with Crippen LogP contribution in [0.5, 0.6) is 0 Å². The number of aromatic nitrogens is 2. The van der Waals surface area contributed by atoms with Gasteiger partial charge in [0.2, 0.25) is 0 Å². The van der Waals surface area contributed by atoms with Gasteiger partial charge in [0.1, 0.15) is 0 Å². The van der Waals surface area contributed by atoms with E-state index in [-0.39, 0.29) is 11.1 Å². The second-order valence-electron chi connectivity index (χ2n) is 5.35. The highest BCUT2D eigenvalue weighted by molar-refractivity contribution is 5.90. The Labute approximate surface area is 132 Å². The minimum Gasteiger partial charge on any atom is -0.478 e. The van der Waals surface area contributed by atoms with E-state index in [2.05, 4.69) is 10.3 Å². The molecule has 0 aliphatic rings. The molecule has 3 aromatic rings. The van der Waals surface area contributed by atoms with Crippen LogP contribution in [-0.2, 0) is 7.05 Å². The molecule has 6 nitrogen and oxygen atoms in total. The second-order valence-corrected chi connectivity index (χ2v) is 5.35. The van der Waals surface area contributed by atoms with Crippen LogP contribution in [0.15, 0.2) is 47.5 Å². The summed E-state index contributed by atoms with van der Waals surface area (Å²) >= 11 is 0. The van der Waals surface area contributed by atoms with Crippen molar-refractivity contribution in [2.75, 3.05) is 5.32 Å². The molecular formula is C17H15N3O3. The van der Waals surface area contributed by atoms with Crippen LogP contribution in [0.4, 0.5) is 11.4 Å². The summed E-state index contributed by atoms with van der Waals surface area (Å²) in [7, 11) is 1.65. The van der Waals surface area contributed by atoms with Crippen molar-refractivity contribution in [2.24, 2.45) is 7.05 Å². The zero-order valence-electron chi connectivity index (χ0n) is 12.7. The average Bonchev–Trinajstić information content (AvgIpc) is 2.53. The number of nitrogens with zero attached hydrogens (tertiary/aromatic N) is 2. The third kappa shape index (κ3) is 2.78. The fourth-order valence-corrected chi connectivity index (χ4v) is 2.33. The molecule has 0 fully saturated rings. The van der Waals surface area contributed by atoms with Crippen LogP contribution in [0.25, 0.3) is 10.9 Å². The highest BCUT2D eigenvalue weighted by Crippen LogP contribution is 2.23. The smallest absolute Gasteiger partial charge is 0.335 e. The van der Waals surface area contributed by atoms with Gasteiger partial charge in [0.15, 0.2) is 0 Å². The fraction of sp³-hybridized carbons (Fsp3) is 0.118. The summed E-state index contributed by atoms with van der Waals surface area (Å²) in [6.07, 6.45) is 1.48. The van der Waals surface area contributed by atoms with E-state index in [9.17, 15) is 9.59 Å². The van der Waals surface area contributed by atoms with Crippen molar-refractivity contribution in [1.82, 2.24) is 9.55 Å². The van der Waals surface area contributed by atoms with Gasteiger partial charge in [-0.25, -0.2) is 9.78 Å². The van der Waals surface area contributed by atoms with E-state index in [0.717, 1.165) is 5.56 Å². The normalized spacial score (nSPS) is 10.7. The van der Waals surface area contributed by atoms with Crippen molar-refractivity contribution in [3.05, 3.63) is 64.2 Å². The lowest BCUT2D eigenvalue weighted by atomic mass is 10.1. The molecule has 1 aromatic heterocycles. The number of carbonyl (C=O) groups is 1. The van der Waals surface area contributed by atoms with Gasteiger partial charge in [-0.2, -0.15) is 0 Å². The molecule has 0 spiro atoms. The lowest BCUT2D eigenvalue weighted by Gasteiger charge is -2.11. The molecule has 0 unspecified atom stereocenters. The maximum atomic E-state index is 12.2. The van der Waals surface area contributed by atoms with Gasteiger partial charge in [-0.1, -0.05) is 6.07 Å². The van der Waals surface area contributed by atoms with Gasteiger partial charge in [-0.05, 0) is 42.8 Å². The molecule has 0 aliphatic carbocycles. The summed E-state index contributed by atoms with van der Waals surface area (Å²) in [5.41, 5.74) is 2.99. The van der Waals surface area contributed by atoms with Gasteiger partial charge in [0.25, 0.3) is 5.56 Å². The number of hydrogen-bond acceptors (Lipinski definition) is 4. The number of anilines is 2. The van der Waals surface area contributed by atoms with E-state index < -0.39 is 5.97 Å². The third-order valence-corrected chi connectivity index (χ3v) is 3.68. The number of benzene rings is 2. The van der Waals surface area contributed by atoms with E-state index in [4.69, 9.17) is 5.11 Å². The molecule has 0 radical (unpaired) electrons. The minimum absolute atomic E-state index is 0.130. The lowest BCUT2D eigenvalue weighted by molar-refractivity contribution is 0.0697. The highest BCUT2D eigenvalue weighted by atomic mass is 16.4. The van der Waals surface area contributed by atoms with Crippen LogP contribution < -0.4 is 10.9 Å². The van der Waals surface area contributed by atoms with E-state index in [1.54, 1.807) is 37.4 Å². The van der Waals surface area contributed by atoms with E-state index in [0.29, 0.717) is 22.3 Å². The van der Waals surface area contributed by atoms with Gasteiger partial charge in [-0.3, -0.25) is 4.79 Å². The van der Waals surface area contributed by atoms with Crippen molar-refractivity contribution in [2.45, 2.75) is 6.92 Å². The molecule has 0 amide bonds. The Balaban J connectivity index is 2.05. The molecule has 1 heterocycles. The third-order valence-electron chi connectivity index (χ3n) is 3.68. The number of nitrogens with one attached hydrogen (secondary N) is 1. The first kappa shape index (κ1) is 14.8. The molecule has 6 heteroatoms. The Bertz CT molecular complexity index is 976. The standard InChI is InChI=1S/C17H15N3O3/c1-10-3-4-11(17(22)23)7-15(10)19-12-5-6-14-13(8-12)16(21)20(2)9-18-14/h3-9,19H,1-2H3,(H,22,23). The van der Waals surface area contributed by atoms with Gasteiger partial charge in [0, 0.05) is 18.4 Å². The SMILES string of the molecule is Cc1ccc(C(=O)O)cc1Nc1ccc2ncn(C)c(=O)c2c1. The number of fused-ring (bicyclic) bond motifs is 1. The van der Waals surface area contributed by atoms with Crippen LogP contribution in [0.2, 0.25) is 0 Å². The quantitative estimate of drug-likeness (QED) is 0.777. The molecule has 0 aliphatic heterocycles. The highest BCUT2D eigenvalue weighted by Gasteiger charge is 2.08. The van der Waals surface area contributed by atoms with Crippen LogP contribution in [0, 0.1) is 6.92 Å². The zero-order chi connectivity index (χ0) is 16.6. The van der Waals surface area contributed by atoms with Gasteiger partial charge in [0.05, 0.1) is 22.8 Å². The first-order valence-corrected chi connectivity index (χ1v) is 7.02. The number of rotatable bonds is 3. The van der Waals surface area contributed by atoms with Crippen LogP contribution in [0.1, 0.15) is 15.9 Å². The van der Waals surface area contributed by atoms with Crippen LogP contribution in [-0.4, -0.2) is 20.6 Å². The topological polar surface area (TPSA) is 84.2 Å². The molecular weight excluding hydrogens is 294 g/mol. The number of aromatic carboxylic acids is 1. The predicted octanol–water partition coefficient (Wildman–Crippen LogP) is 2.68. The molecule has 116 valence electrons. The Kier molecular flexibility index (Phi) is 3.57. The molecule has 0 bridgehead atoms. The van der Waals surface area contributed by atoms with E-state index >= 15 is 0 Å². The van der Waals surface area contributed by atoms with Gasteiger partial charge in [-0.15, -0.1) is 0 Å². The second kappa shape index (κ2) is 5.57. The number of hydrogen-bond donors (Lipinski definition) is 2. The molecule has 2 N–H and O–H groups in total. The largest absolute Gasteiger partial charge is 0.478 e. The number of carboxylic acids is 1. The van der Waals surface area contributed by atoms with Crippen molar-refractivity contribution in [3.63, 3.8) is 0 Å². The Morgan fingerprint density at radius 1 is 1.22 bits per heavy atom. The Morgan fingerprint density at radius 2 is 2.00 bits per heavy atom. The zero-order valence-corrected chi connectivity index (χ0v) is 12.7. The number of aryl methyl sites for hydroxylation is 2. The monoisotopic (exact) mass is 309 g/mol. The molecule has 2 aromatic carbocycles. The van der Waals surface area contributed by atoms with Crippen molar-refractivity contribution >= 4 is 28.2 Å². The molecule has 0 atom stereocenters. The van der Waals surface area contributed by atoms with Gasteiger partial charge >= 0.3 is 5.97 Å². The first-order chi connectivity index (χ1) is 11.0. The average molecular weight is 309 g/mol. The van der Waals surface area contributed by atoms with Crippen LogP contribution in [0.3, 0.4) is 0 Å². The molecule has 0 saturated carbocycles. The minimum atomic E-state index is -0.982. The van der Waals surface area contributed by atoms with Crippen molar-refractivity contribution in [3.8, 4) is 0 Å². The lowest BCUT2D eigenvalue weighted by Crippen LogP contribution is -2.16. The molecule has 3 rings (SSSR count). The van der Waals surface area contributed by atoms with E-state index in [1.807, 2.05) is 13.0 Å².